The molecule has 0 saturated heterocycles. The summed E-state index contributed by atoms with van der Waals surface area (Å²) in [7, 11) is 0. The van der Waals surface area contributed by atoms with Crippen LogP contribution in [0.5, 0.6) is 0 Å². The van der Waals surface area contributed by atoms with E-state index in [-0.39, 0.29) is 5.91 Å². The zero-order valence-corrected chi connectivity index (χ0v) is 12.6. The molecule has 0 aromatic carbocycles. The van der Waals surface area contributed by atoms with Crippen LogP contribution >= 0.6 is 11.3 Å². The van der Waals surface area contributed by atoms with Gasteiger partial charge in [0.2, 0.25) is 0 Å². The molecule has 0 saturated carbocycles. The van der Waals surface area contributed by atoms with E-state index in [1.165, 1.54) is 5.56 Å². The third-order valence-electron chi connectivity index (χ3n) is 2.93. The second kappa shape index (κ2) is 7.05. The Morgan fingerprint density at radius 3 is 3.00 bits per heavy atom. The molecule has 20 heavy (non-hydrogen) atoms. The summed E-state index contributed by atoms with van der Waals surface area (Å²) in [6.45, 7) is 5.33. The second-order valence-corrected chi connectivity index (χ2v) is 5.32. The summed E-state index contributed by atoms with van der Waals surface area (Å²) in [6.07, 6.45) is 2.48. The quantitative estimate of drug-likeness (QED) is 0.860. The number of carbonyl (C=O) groups excluding carboxylic acids is 1. The molecule has 0 spiro atoms. The highest BCUT2D eigenvalue weighted by Gasteiger charge is 2.11. The Balaban J connectivity index is 1.97. The minimum Gasteiger partial charge on any atom is -0.385 e. The monoisotopic (exact) mass is 289 g/mol. The van der Waals surface area contributed by atoms with Crippen molar-refractivity contribution in [3.63, 3.8) is 0 Å². The fraction of sp³-hybridized carbons (Fsp3) is 0.333. The van der Waals surface area contributed by atoms with Crippen LogP contribution in [-0.4, -0.2) is 24.0 Å². The van der Waals surface area contributed by atoms with Crippen molar-refractivity contribution in [1.82, 2.24) is 10.3 Å². The lowest BCUT2D eigenvalue weighted by atomic mass is 10.2. The van der Waals surface area contributed by atoms with Gasteiger partial charge in [0.25, 0.3) is 5.91 Å². The highest BCUT2D eigenvalue weighted by atomic mass is 32.1. The van der Waals surface area contributed by atoms with E-state index in [1.54, 1.807) is 17.5 Å². The third-order valence-corrected chi connectivity index (χ3v) is 3.66. The average molecular weight is 289 g/mol. The number of nitrogens with zero attached hydrogens (tertiary/aromatic N) is 1. The number of nitrogens with one attached hydrogen (secondary N) is 2. The zero-order chi connectivity index (χ0) is 14.4. The van der Waals surface area contributed by atoms with E-state index in [2.05, 4.69) is 27.1 Å². The molecule has 2 heterocycles. The second-order valence-electron chi connectivity index (χ2n) is 4.54. The number of aryl methyl sites for hydroxylation is 1. The molecule has 0 aliphatic carbocycles. The smallest absolute Gasteiger partial charge is 0.254 e. The van der Waals surface area contributed by atoms with Crippen molar-refractivity contribution in [2.24, 2.45) is 0 Å². The van der Waals surface area contributed by atoms with Crippen LogP contribution in [0.25, 0.3) is 0 Å². The first-order valence-electron chi connectivity index (χ1n) is 6.70. The predicted octanol–water partition coefficient (Wildman–Crippen LogP) is 2.86. The molecule has 2 aromatic rings. The summed E-state index contributed by atoms with van der Waals surface area (Å²) in [5, 5.41) is 10.3. The molecule has 0 radical (unpaired) electrons. The highest BCUT2D eigenvalue weighted by molar-refractivity contribution is 7.07. The van der Waals surface area contributed by atoms with Crippen molar-refractivity contribution in [1.29, 1.82) is 0 Å². The lowest BCUT2D eigenvalue weighted by molar-refractivity contribution is 0.0954. The summed E-state index contributed by atoms with van der Waals surface area (Å²) in [4.78, 5) is 16.4. The summed E-state index contributed by atoms with van der Waals surface area (Å²) in [6, 6.07) is 3.98. The maximum atomic E-state index is 12.2. The maximum absolute atomic E-state index is 12.2. The van der Waals surface area contributed by atoms with Gasteiger partial charge in [0, 0.05) is 25.0 Å². The van der Waals surface area contributed by atoms with E-state index in [9.17, 15) is 4.79 Å². The SMILES string of the molecule is CCNc1cc(C)ncc1C(=O)NCCc1ccsc1. The van der Waals surface area contributed by atoms with Gasteiger partial charge in [0.05, 0.1) is 11.3 Å². The molecule has 4 nitrogen and oxygen atoms in total. The van der Waals surface area contributed by atoms with E-state index < -0.39 is 0 Å². The molecular formula is C15H19N3OS. The highest BCUT2D eigenvalue weighted by Crippen LogP contribution is 2.15. The van der Waals surface area contributed by atoms with Crippen LogP contribution in [-0.2, 0) is 6.42 Å². The molecule has 0 bridgehead atoms. The minimum absolute atomic E-state index is 0.0799. The van der Waals surface area contributed by atoms with E-state index >= 15 is 0 Å². The van der Waals surface area contributed by atoms with Crippen LogP contribution < -0.4 is 10.6 Å². The van der Waals surface area contributed by atoms with Gasteiger partial charge in [-0.15, -0.1) is 0 Å². The first kappa shape index (κ1) is 14.5. The van der Waals surface area contributed by atoms with Crippen LogP contribution in [0.1, 0.15) is 28.5 Å². The Morgan fingerprint density at radius 2 is 2.30 bits per heavy atom. The number of hydrogen-bond donors (Lipinski definition) is 2. The van der Waals surface area contributed by atoms with Crippen LogP contribution in [0, 0.1) is 6.92 Å². The van der Waals surface area contributed by atoms with Gasteiger partial charge < -0.3 is 10.6 Å². The zero-order valence-electron chi connectivity index (χ0n) is 11.8. The number of rotatable bonds is 6. The molecule has 5 heteroatoms. The number of carbonyl (C=O) groups is 1. The topological polar surface area (TPSA) is 54.0 Å². The van der Waals surface area contributed by atoms with Crippen LogP contribution in [0.15, 0.2) is 29.1 Å². The van der Waals surface area contributed by atoms with Crippen molar-refractivity contribution in [3.05, 3.63) is 45.9 Å². The van der Waals surface area contributed by atoms with E-state index in [0.29, 0.717) is 12.1 Å². The van der Waals surface area contributed by atoms with Gasteiger partial charge in [-0.2, -0.15) is 11.3 Å². The van der Waals surface area contributed by atoms with Gasteiger partial charge >= 0.3 is 0 Å². The molecule has 0 unspecified atom stereocenters. The summed E-state index contributed by atoms with van der Waals surface area (Å²) in [5.41, 5.74) is 3.59. The third kappa shape index (κ3) is 3.81. The van der Waals surface area contributed by atoms with Gasteiger partial charge in [-0.1, -0.05) is 0 Å². The van der Waals surface area contributed by atoms with Crippen LogP contribution in [0.2, 0.25) is 0 Å². The number of aromatic nitrogens is 1. The molecule has 106 valence electrons. The molecule has 0 aliphatic heterocycles. The van der Waals surface area contributed by atoms with Gasteiger partial charge in [-0.3, -0.25) is 9.78 Å². The molecule has 2 rings (SSSR count). The first-order valence-corrected chi connectivity index (χ1v) is 7.64. The van der Waals surface area contributed by atoms with Crippen molar-refractivity contribution < 1.29 is 4.79 Å². The lowest BCUT2D eigenvalue weighted by Gasteiger charge is -2.11. The standard InChI is InChI=1S/C15H19N3OS/c1-3-16-14-8-11(2)18-9-13(14)15(19)17-6-4-12-5-7-20-10-12/h5,7-10H,3-4,6H2,1-2H3,(H,16,18)(H,17,19). The first-order chi connectivity index (χ1) is 9.70. The van der Waals surface area contributed by atoms with Gasteiger partial charge in [-0.05, 0) is 48.7 Å². The Morgan fingerprint density at radius 1 is 1.45 bits per heavy atom. The van der Waals surface area contributed by atoms with E-state index in [4.69, 9.17) is 0 Å². The van der Waals surface area contributed by atoms with Crippen molar-refractivity contribution >= 4 is 22.9 Å². The molecule has 2 N–H and O–H groups in total. The van der Waals surface area contributed by atoms with E-state index in [1.807, 2.05) is 25.3 Å². The fourth-order valence-corrected chi connectivity index (χ4v) is 2.63. The molecule has 0 atom stereocenters. The Kier molecular flexibility index (Phi) is 5.12. The van der Waals surface area contributed by atoms with Gasteiger partial charge in [0.15, 0.2) is 0 Å². The number of amides is 1. The molecule has 0 aliphatic rings. The maximum Gasteiger partial charge on any atom is 0.254 e. The number of pyridine rings is 1. The average Bonchev–Trinajstić information content (AvgIpc) is 2.92. The summed E-state index contributed by atoms with van der Waals surface area (Å²) in [5.74, 6) is -0.0799. The van der Waals surface area contributed by atoms with E-state index in [0.717, 1.165) is 24.3 Å². The minimum atomic E-state index is -0.0799. The van der Waals surface area contributed by atoms with Crippen molar-refractivity contribution in [3.8, 4) is 0 Å². The fourth-order valence-electron chi connectivity index (χ4n) is 1.93. The Hall–Kier alpha value is -1.88. The summed E-state index contributed by atoms with van der Waals surface area (Å²) >= 11 is 1.67. The number of hydrogen-bond acceptors (Lipinski definition) is 4. The Bertz CT molecular complexity index is 567. The molecular weight excluding hydrogens is 270 g/mol. The van der Waals surface area contributed by atoms with Gasteiger partial charge in [-0.25, -0.2) is 0 Å². The largest absolute Gasteiger partial charge is 0.385 e. The van der Waals surface area contributed by atoms with Crippen molar-refractivity contribution in [2.45, 2.75) is 20.3 Å². The number of thiophene rings is 1. The number of anilines is 1. The Labute approximate surface area is 123 Å². The molecule has 1 amide bonds. The van der Waals surface area contributed by atoms with Crippen LogP contribution in [0.4, 0.5) is 5.69 Å². The molecule has 2 aromatic heterocycles. The predicted molar refractivity (Wildman–Crippen MR) is 83.5 cm³/mol. The molecule has 0 fully saturated rings. The van der Waals surface area contributed by atoms with Crippen LogP contribution in [0.3, 0.4) is 0 Å². The lowest BCUT2D eigenvalue weighted by Crippen LogP contribution is -2.26. The normalized spacial score (nSPS) is 10.3. The van der Waals surface area contributed by atoms with Crippen molar-refractivity contribution in [2.75, 3.05) is 18.4 Å². The van der Waals surface area contributed by atoms with Gasteiger partial charge in [0.1, 0.15) is 0 Å². The summed E-state index contributed by atoms with van der Waals surface area (Å²) < 4.78 is 0.